The zero-order valence-corrected chi connectivity index (χ0v) is 15.0. The van der Waals surface area contributed by atoms with Crippen molar-refractivity contribution >= 4 is 15.9 Å². The number of carbonyl (C=O) groups is 1. The van der Waals surface area contributed by atoms with Crippen molar-refractivity contribution in [2.45, 2.75) is 63.1 Å². The minimum atomic E-state index is -3.62. The number of nitrogens with zero attached hydrogens (tertiary/aromatic N) is 3. The highest BCUT2D eigenvalue weighted by atomic mass is 32.2. The molecule has 1 aromatic rings. The van der Waals surface area contributed by atoms with Gasteiger partial charge in [-0.05, 0) is 32.6 Å². The first-order chi connectivity index (χ1) is 11.5. The van der Waals surface area contributed by atoms with Crippen molar-refractivity contribution < 1.29 is 13.2 Å². The van der Waals surface area contributed by atoms with Crippen molar-refractivity contribution in [2.75, 3.05) is 13.1 Å². The first kappa shape index (κ1) is 17.4. The summed E-state index contributed by atoms with van der Waals surface area (Å²) in [6.45, 7) is 3.31. The summed E-state index contributed by atoms with van der Waals surface area (Å²) in [5.74, 6) is -0.261. The first-order valence-corrected chi connectivity index (χ1v) is 10.3. The molecule has 1 aliphatic heterocycles. The third-order valence-corrected chi connectivity index (χ3v) is 6.79. The van der Waals surface area contributed by atoms with E-state index in [0.717, 1.165) is 32.1 Å². The van der Waals surface area contributed by atoms with Crippen LogP contribution in [0, 0.1) is 5.92 Å². The van der Waals surface area contributed by atoms with Gasteiger partial charge in [-0.25, -0.2) is 13.4 Å². The lowest BCUT2D eigenvalue weighted by molar-refractivity contribution is -0.126. The van der Waals surface area contributed by atoms with E-state index in [2.05, 4.69) is 10.3 Å². The largest absolute Gasteiger partial charge is 0.353 e. The Morgan fingerprint density at radius 1 is 1.29 bits per heavy atom. The maximum atomic E-state index is 12.7. The van der Waals surface area contributed by atoms with Gasteiger partial charge in [-0.2, -0.15) is 4.31 Å². The molecule has 1 saturated carbocycles. The van der Waals surface area contributed by atoms with Crippen LogP contribution >= 0.6 is 0 Å². The van der Waals surface area contributed by atoms with E-state index in [1.54, 1.807) is 10.8 Å². The zero-order valence-electron chi connectivity index (χ0n) is 14.1. The van der Waals surface area contributed by atoms with Gasteiger partial charge in [0.05, 0.1) is 12.2 Å². The SMILES string of the molecule is CCn1cnc(S(=O)(=O)N2CCC[C@@H](C(=O)NC3CCCC3)C2)c1. The monoisotopic (exact) mass is 354 g/mol. The van der Waals surface area contributed by atoms with Crippen LogP contribution in [0.25, 0.3) is 0 Å². The van der Waals surface area contributed by atoms with E-state index in [-0.39, 0.29) is 29.4 Å². The van der Waals surface area contributed by atoms with Crippen LogP contribution in [0.15, 0.2) is 17.6 Å². The lowest BCUT2D eigenvalue weighted by Gasteiger charge is -2.31. The van der Waals surface area contributed by atoms with Gasteiger partial charge in [0.2, 0.25) is 5.91 Å². The molecule has 2 fully saturated rings. The fraction of sp³-hybridized carbons (Fsp3) is 0.750. The van der Waals surface area contributed by atoms with E-state index < -0.39 is 10.0 Å². The Balaban J connectivity index is 1.66. The smallest absolute Gasteiger partial charge is 0.262 e. The standard InChI is InChI=1S/C16H26N4O3S/c1-2-19-11-15(17-12-19)24(22,23)20-9-5-6-13(10-20)16(21)18-14-7-3-4-8-14/h11-14H,2-10H2,1H3,(H,18,21)/t13-/m1/s1. The second-order valence-electron chi connectivity index (χ2n) is 6.73. The van der Waals surface area contributed by atoms with Crippen LogP contribution in [0.4, 0.5) is 0 Å². The summed E-state index contributed by atoms with van der Waals surface area (Å²) in [4.78, 5) is 16.5. The number of aryl methyl sites for hydroxylation is 1. The topological polar surface area (TPSA) is 84.3 Å². The number of nitrogens with one attached hydrogen (secondary N) is 1. The molecule has 3 rings (SSSR count). The fourth-order valence-electron chi connectivity index (χ4n) is 3.54. The molecule has 7 nitrogen and oxygen atoms in total. The van der Waals surface area contributed by atoms with Gasteiger partial charge in [-0.1, -0.05) is 12.8 Å². The van der Waals surface area contributed by atoms with Crippen LogP contribution in [0.5, 0.6) is 0 Å². The molecule has 2 heterocycles. The lowest BCUT2D eigenvalue weighted by atomic mass is 9.98. The lowest BCUT2D eigenvalue weighted by Crippen LogP contribution is -2.47. The van der Waals surface area contributed by atoms with Crippen LogP contribution in [0.2, 0.25) is 0 Å². The summed E-state index contributed by atoms with van der Waals surface area (Å²) in [5.41, 5.74) is 0. The quantitative estimate of drug-likeness (QED) is 0.865. The number of imidazole rings is 1. The number of amides is 1. The second kappa shape index (κ2) is 7.23. The number of piperidine rings is 1. The minimum absolute atomic E-state index is 0.000822. The Bertz CT molecular complexity index is 679. The molecule has 1 aliphatic carbocycles. The highest BCUT2D eigenvalue weighted by Gasteiger charge is 2.35. The Hall–Kier alpha value is -1.41. The maximum absolute atomic E-state index is 12.7. The molecule has 0 spiro atoms. The summed E-state index contributed by atoms with van der Waals surface area (Å²) in [5, 5.41) is 3.16. The molecule has 0 radical (unpaired) electrons. The summed E-state index contributed by atoms with van der Waals surface area (Å²) < 4.78 is 28.6. The van der Waals surface area contributed by atoms with Gasteiger partial charge >= 0.3 is 0 Å². The van der Waals surface area contributed by atoms with Gasteiger partial charge in [-0.3, -0.25) is 4.79 Å². The highest BCUT2D eigenvalue weighted by Crippen LogP contribution is 2.24. The average molecular weight is 354 g/mol. The molecule has 24 heavy (non-hydrogen) atoms. The van der Waals surface area contributed by atoms with Crippen LogP contribution in [0.1, 0.15) is 45.4 Å². The van der Waals surface area contributed by atoms with Crippen molar-refractivity contribution in [3.05, 3.63) is 12.5 Å². The zero-order chi connectivity index (χ0) is 17.2. The molecule has 0 unspecified atom stereocenters. The van der Waals surface area contributed by atoms with Crippen molar-refractivity contribution in [2.24, 2.45) is 5.92 Å². The Morgan fingerprint density at radius 2 is 2.04 bits per heavy atom. The van der Waals surface area contributed by atoms with Gasteiger partial charge in [-0.15, -0.1) is 0 Å². The van der Waals surface area contributed by atoms with E-state index in [1.807, 2.05) is 6.92 Å². The summed E-state index contributed by atoms with van der Waals surface area (Å²) in [6.07, 6.45) is 8.93. The van der Waals surface area contributed by atoms with Gasteiger partial charge in [0.1, 0.15) is 0 Å². The summed E-state index contributed by atoms with van der Waals surface area (Å²) in [6, 6.07) is 0.268. The average Bonchev–Trinajstić information content (AvgIpc) is 3.26. The van der Waals surface area contributed by atoms with Crippen LogP contribution in [-0.4, -0.2) is 47.3 Å². The third-order valence-electron chi connectivity index (χ3n) is 5.04. The van der Waals surface area contributed by atoms with Gasteiger partial charge < -0.3 is 9.88 Å². The van der Waals surface area contributed by atoms with Gasteiger partial charge in [0, 0.05) is 31.9 Å². The van der Waals surface area contributed by atoms with Crippen molar-refractivity contribution in [3.63, 3.8) is 0 Å². The van der Waals surface area contributed by atoms with E-state index in [0.29, 0.717) is 19.5 Å². The van der Waals surface area contributed by atoms with Crippen molar-refractivity contribution in [1.29, 1.82) is 0 Å². The summed E-state index contributed by atoms with van der Waals surface area (Å²) in [7, 11) is -3.62. The third kappa shape index (κ3) is 3.64. The Kier molecular flexibility index (Phi) is 5.24. The Morgan fingerprint density at radius 3 is 2.71 bits per heavy atom. The molecular weight excluding hydrogens is 328 g/mol. The van der Waals surface area contributed by atoms with Crippen LogP contribution < -0.4 is 5.32 Å². The van der Waals surface area contributed by atoms with Crippen molar-refractivity contribution in [3.8, 4) is 0 Å². The predicted octanol–water partition coefficient (Wildman–Crippen LogP) is 1.36. The van der Waals surface area contributed by atoms with E-state index >= 15 is 0 Å². The predicted molar refractivity (Wildman–Crippen MR) is 89.8 cm³/mol. The molecule has 1 N–H and O–H groups in total. The fourth-order valence-corrected chi connectivity index (χ4v) is 5.00. The molecule has 1 atom stereocenters. The second-order valence-corrected chi connectivity index (χ2v) is 8.62. The number of hydrogen-bond acceptors (Lipinski definition) is 4. The number of rotatable bonds is 5. The molecule has 0 aromatic carbocycles. The van der Waals surface area contributed by atoms with Crippen molar-refractivity contribution in [1.82, 2.24) is 19.2 Å². The van der Waals surface area contributed by atoms with Crippen LogP contribution in [0.3, 0.4) is 0 Å². The molecule has 1 saturated heterocycles. The van der Waals surface area contributed by atoms with E-state index in [1.165, 1.54) is 10.6 Å². The number of aromatic nitrogens is 2. The maximum Gasteiger partial charge on any atom is 0.262 e. The molecule has 2 aliphatic rings. The number of carbonyl (C=O) groups excluding carboxylic acids is 1. The number of hydrogen-bond donors (Lipinski definition) is 1. The van der Waals surface area contributed by atoms with E-state index in [4.69, 9.17) is 0 Å². The number of sulfonamides is 1. The minimum Gasteiger partial charge on any atom is -0.353 e. The van der Waals surface area contributed by atoms with E-state index in [9.17, 15) is 13.2 Å². The van der Waals surface area contributed by atoms with Crippen LogP contribution in [-0.2, 0) is 21.4 Å². The normalized spacial score (nSPS) is 23.5. The highest BCUT2D eigenvalue weighted by molar-refractivity contribution is 7.89. The molecule has 8 heteroatoms. The summed E-state index contributed by atoms with van der Waals surface area (Å²) >= 11 is 0. The molecule has 1 amide bonds. The molecular formula is C16H26N4O3S. The first-order valence-electron chi connectivity index (χ1n) is 8.83. The Labute approximate surface area is 143 Å². The molecule has 1 aromatic heterocycles. The molecule has 0 bridgehead atoms. The van der Waals surface area contributed by atoms with Gasteiger partial charge in [0.15, 0.2) is 5.03 Å². The molecule has 134 valence electrons. The van der Waals surface area contributed by atoms with Gasteiger partial charge in [0.25, 0.3) is 10.0 Å².